The van der Waals surface area contributed by atoms with Crippen molar-refractivity contribution in [3.63, 3.8) is 0 Å². The van der Waals surface area contributed by atoms with E-state index in [1.165, 1.54) is 0 Å². The fourth-order valence-corrected chi connectivity index (χ4v) is 2.44. The van der Waals surface area contributed by atoms with E-state index in [0.717, 1.165) is 16.8 Å². The first kappa shape index (κ1) is 11.2. The Labute approximate surface area is 111 Å². The van der Waals surface area contributed by atoms with Crippen LogP contribution >= 0.6 is 11.6 Å². The third kappa shape index (κ3) is 1.59. The third-order valence-electron chi connectivity index (χ3n) is 3.24. The molecule has 0 saturated carbocycles. The van der Waals surface area contributed by atoms with E-state index in [-0.39, 0.29) is 0 Å². The molecule has 0 saturated heterocycles. The first-order valence-corrected chi connectivity index (χ1v) is 6.11. The molecule has 2 heterocycles. The smallest absolute Gasteiger partial charge is 0.156 e. The van der Waals surface area contributed by atoms with Gasteiger partial charge in [-0.05, 0) is 24.6 Å². The summed E-state index contributed by atoms with van der Waals surface area (Å²) in [5.41, 5.74) is 5.62. The summed E-state index contributed by atoms with van der Waals surface area (Å²) in [5, 5.41) is 4.68. The van der Waals surface area contributed by atoms with Crippen LogP contribution < -0.4 is 5.43 Å². The molecule has 1 aromatic carbocycles. The second-order valence-corrected chi connectivity index (χ2v) is 4.76. The second-order valence-electron chi connectivity index (χ2n) is 4.40. The molecule has 0 aliphatic carbocycles. The Morgan fingerprint density at radius 1 is 1.11 bits per heavy atom. The first-order chi connectivity index (χ1) is 8.72. The van der Waals surface area contributed by atoms with E-state index in [0.29, 0.717) is 5.17 Å². The average Bonchev–Trinajstić information content (AvgIpc) is 2.44. The lowest BCUT2D eigenvalue weighted by molar-refractivity contribution is 0.435. The summed E-state index contributed by atoms with van der Waals surface area (Å²) in [5.74, 6) is 0. The number of benzene rings is 1. The van der Waals surface area contributed by atoms with Gasteiger partial charge in [0.25, 0.3) is 0 Å². The van der Waals surface area contributed by atoms with Gasteiger partial charge in [0.05, 0.1) is 5.69 Å². The van der Waals surface area contributed by atoms with Gasteiger partial charge in [0, 0.05) is 11.8 Å². The molecule has 0 radical (unpaired) electrons. The number of halogens is 1. The Morgan fingerprint density at radius 3 is 2.67 bits per heavy atom. The predicted octanol–water partition coefficient (Wildman–Crippen LogP) is 2.85. The van der Waals surface area contributed by atoms with Gasteiger partial charge in [-0.2, -0.15) is 5.10 Å². The Morgan fingerprint density at radius 2 is 1.89 bits per heavy atom. The van der Waals surface area contributed by atoms with Gasteiger partial charge in [-0.25, -0.2) is 0 Å². The summed E-state index contributed by atoms with van der Waals surface area (Å²) in [7, 11) is 0. The Hall–Kier alpha value is -1.87. The summed E-state index contributed by atoms with van der Waals surface area (Å²) in [6, 6.07) is 13.8. The predicted molar refractivity (Wildman–Crippen MR) is 72.7 cm³/mol. The maximum absolute atomic E-state index is 6.13. The molecule has 3 rings (SSSR count). The van der Waals surface area contributed by atoms with E-state index in [4.69, 9.17) is 11.6 Å². The zero-order chi connectivity index (χ0) is 12.6. The lowest BCUT2D eigenvalue weighted by atomic mass is 9.85. The van der Waals surface area contributed by atoms with Crippen molar-refractivity contribution < 1.29 is 0 Å². The second kappa shape index (κ2) is 4.10. The number of hydrogen-bond donors (Lipinski definition) is 1. The molecule has 0 amide bonds. The topological polar surface area (TPSA) is 37.3 Å². The molecular formula is C14H12ClN3. The number of hydrogen-bond acceptors (Lipinski definition) is 3. The van der Waals surface area contributed by atoms with Gasteiger partial charge in [0.1, 0.15) is 5.54 Å². The molecule has 3 nitrogen and oxygen atoms in total. The monoisotopic (exact) mass is 257 g/mol. The van der Waals surface area contributed by atoms with Crippen LogP contribution in [0, 0.1) is 0 Å². The average molecular weight is 258 g/mol. The molecule has 90 valence electrons. The van der Waals surface area contributed by atoms with E-state index in [2.05, 4.69) is 22.4 Å². The van der Waals surface area contributed by atoms with Crippen molar-refractivity contribution in [2.45, 2.75) is 12.5 Å². The molecule has 1 atom stereocenters. The fraction of sp³-hybridized carbons (Fsp3) is 0.143. The highest BCUT2D eigenvalue weighted by Crippen LogP contribution is 2.33. The number of fused-ring (bicyclic) bond motifs is 1. The van der Waals surface area contributed by atoms with Crippen LogP contribution in [0.1, 0.15) is 23.7 Å². The fourth-order valence-electron chi connectivity index (χ4n) is 2.23. The maximum atomic E-state index is 6.13. The molecule has 1 N–H and O–H groups in total. The summed E-state index contributed by atoms with van der Waals surface area (Å²) in [6.45, 7) is 2.06. The van der Waals surface area contributed by atoms with Crippen LogP contribution in [0.3, 0.4) is 0 Å². The zero-order valence-electron chi connectivity index (χ0n) is 9.89. The molecule has 0 spiro atoms. The largest absolute Gasteiger partial charge is 0.292 e. The lowest BCUT2D eigenvalue weighted by Crippen LogP contribution is -2.42. The van der Waals surface area contributed by atoms with E-state index < -0.39 is 5.54 Å². The van der Waals surface area contributed by atoms with Gasteiger partial charge in [0.2, 0.25) is 0 Å². The third-order valence-corrected chi connectivity index (χ3v) is 3.53. The Kier molecular flexibility index (Phi) is 2.56. The summed E-state index contributed by atoms with van der Waals surface area (Å²) < 4.78 is 0. The minimum atomic E-state index is -0.448. The molecule has 0 unspecified atom stereocenters. The zero-order valence-corrected chi connectivity index (χ0v) is 10.6. The molecule has 1 aliphatic heterocycles. The molecule has 0 fully saturated rings. The van der Waals surface area contributed by atoms with Crippen molar-refractivity contribution in [2.75, 3.05) is 0 Å². The molecule has 0 bridgehead atoms. The van der Waals surface area contributed by atoms with E-state index in [9.17, 15) is 0 Å². The number of nitrogens with one attached hydrogen (secondary N) is 1. The van der Waals surface area contributed by atoms with Crippen molar-refractivity contribution in [3.8, 4) is 0 Å². The highest BCUT2D eigenvalue weighted by molar-refractivity contribution is 6.69. The highest BCUT2D eigenvalue weighted by atomic mass is 35.5. The number of hydrazone groups is 1. The highest BCUT2D eigenvalue weighted by Gasteiger charge is 2.35. The minimum absolute atomic E-state index is 0.448. The standard InChI is InChI=1S/C14H12ClN3/c1-14(12-8-4-5-9-16-12)11-7-3-2-6-10(11)13(15)17-18-14/h2-9,18H,1H3/t14-/m0/s1. The van der Waals surface area contributed by atoms with Gasteiger partial charge < -0.3 is 0 Å². The van der Waals surface area contributed by atoms with Crippen molar-refractivity contribution in [2.24, 2.45) is 5.10 Å². The minimum Gasteiger partial charge on any atom is -0.292 e. The van der Waals surface area contributed by atoms with Gasteiger partial charge >= 0.3 is 0 Å². The molecule has 4 heteroatoms. The van der Waals surface area contributed by atoms with Crippen LogP contribution in [0.25, 0.3) is 0 Å². The number of rotatable bonds is 1. The van der Waals surface area contributed by atoms with Gasteiger partial charge in [-0.1, -0.05) is 41.9 Å². The molecular weight excluding hydrogens is 246 g/mol. The molecule has 1 aromatic heterocycles. The summed E-state index contributed by atoms with van der Waals surface area (Å²) >= 11 is 6.13. The molecule has 1 aliphatic rings. The summed E-state index contributed by atoms with van der Waals surface area (Å²) in [4.78, 5) is 4.42. The van der Waals surface area contributed by atoms with E-state index in [1.54, 1.807) is 6.20 Å². The Bertz CT molecular complexity index is 609. The van der Waals surface area contributed by atoms with Crippen LogP contribution in [0.2, 0.25) is 0 Å². The Balaban J connectivity index is 2.21. The van der Waals surface area contributed by atoms with Crippen molar-refractivity contribution in [3.05, 3.63) is 65.5 Å². The quantitative estimate of drug-likeness (QED) is 0.853. The summed E-state index contributed by atoms with van der Waals surface area (Å²) in [6.07, 6.45) is 1.78. The van der Waals surface area contributed by atoms with Crippen LogP contribution in [0.5, 0.6) is 0 Å². The van der Waals surface area contributed by atoms with E-state index >= 15 is 0 Å². The van der Waals surface area contributed by atoms with Gasteiger partial charge in [-0.15, -0.1) is 0 Å². The van der Waals surface area contributed by atoms with Crippen molar-refractivity contribution in [1.29, 1.82) is 0 Å². The molecule has 18 heavy (non-hydrogen) atoms. The van der Waals surface area contributed by atoms with Crippen molar-refractivity contribution >= 4 is 16.8 Å². The number of aromatic nitrogens is 1. The number of pyridine rings is 1. The van der Waals surface area contributed by atoms with Crippen LogP contribution in [0.15, 0.2) is 53.8 Å². The lowest BCUT2D eigenvalue weighted by Gasteiger charge is -2.34. The number of nitrogens with zero attached hydrogens (tertiary/aromatic N) is 2. The maximum Gasteiger partial charge on any atom is 0.156 e. The van der Waals surface area contributed by atoms with E-state index in [1.807, 2.05) is 42.5 Å². The van der Waals surface area contributed by atoms with Gasteiger partial charge in [-0.3, -0.25) is 10.4 Å². The molecule has 2 aromatic rings. The first-order valence-electron chi connectivity index (χ1n) is 5.73. The van der Waals surface area contributed by atoms with Gasteiger partial charge in [0.15, 0.2) is 5.17 Å². The normalized spacial score (nSPS) is 21.8. The van der Waals surface area contributed by atoms with Crippen LogP contribution in [0.4, 0.5) is 0 Å². The van der Waals surface area contributed by atoms with Crippen LogP contribution in [-0.2, 0) is 5.54 Å². The van der Waals surface area contributed by atoms with Crippen molar-refractivity contribution in [1.82, 2.24) is 10.4 Å². The SMILES string of the molecule is C[C@]1(c2ccccn2)NN=C(Cl)c2ccccc21. The van der Waals surface area contributed by atoms with Crippen LogP contribution in [-0.4, -0.2) is 10.2 Å².